The van der Waals surface area contributed by atoms with E-state index in [1.807, 2.05) is 13.0 Å². The number of hydrogen-bond acceptors (Lipinski definition) is 3. The third kappa shape index (κ3) is 2.19. The zero-order valence-corrected chi connectivity index (χ0v) is 7.49. The van der Waals surface area contributed by atoms with Crippen LogP contribution in [0.15, 0.2) is 22.8 Å². The highest BCUT2D eigenvalue weighted by Crippen LogP contribution is 2.13. The number of rotatable bonds is 4. The summed E-state index contributed by atoms with van der Waals surface area (Å²) in [6.45, 7) is 1.94. The molecule has 3 nitrogen and oxygen atoms in total. The van der Waals surface area contributed by atoms with Crippen molar-refractivity contribution in [3.05, 3.63) is 24.2 Å². The molecule has 0 aliphatic heterocycles. The predicted molar refractivity (Wildman–Crippen MR) is 47.0 cm³/mol. The molecule has 0 bridgehead atoms. The smallest absolute Gasteiger partial charge is 0.215 e. The summed E-state index contributed by atoms with van der Waals surface area (Å²) in [4.78, 5) is 11.5. The maximum absolute atomic E-state index is 11.5. The first-order chi connectivity index (χ1) is 6.29. The molecule has 0 aliphatic rings. The Kier molecular flexibility index (Phi) is 3.27. The van der Waals surface area contributed by atoms with Gasteiger partial charge in [0, 0.05) is 0 Å². The highest BCUT2D eigenvalue weighted by Gasteiger charge is 2.20. The van der Waals surface area contributed by atoms with Gasteiger partial charge in [0.15, 0.2) is 5.76 Å². The lowest BCUT2D eigenvalue weighted by molar-refractivity contribution is 0.0916. The summed E-state index contributed by atoms with van der Waals surface area (Å²) in [5.74, 6) is -0.495. The molecule has 1 unspecified atom stereocenters. The van der Waals surface area contributed by atoms with E-state index in [1.54, 1.807) is 12.1 Å². The molecule has 0 N–H and O–H groups in total. The summed E-state index contributed by atoms with van der Waals surface area (Å²) in [6, 6.07) is 5.21. The molecule has 0 fully saturated rings. The number of furan rings is 1. The average molecular weight is 177 g/mol. The van der Waals surface area contributed by atoms with Crippen molar-refractivity contribution < 1.29 is 9.21 Å². The van der Waals surface area contributed by atoms with Gasteiger partial charge in [-0.3, -0.25) is 4.79 Å². The van der Waals surface area contributed by atoms with Gasteiger partial charge in [0.2, 0.25) is 5.78 Å². The molecule has 0 saturated carbocycles. The van der Waals surface area contributed by atoms with Gasteiger partial charge in [0.1, 0.15) is 5.92 Å². The number of ketones is 1. The fourth-order valence-corrected chi connectivity index (χ4v) is 1.13. The Bertz CT molecular complexity index is 308. The van der Waals surface area contributed by atoms with Crippen molar-refractivity contribution >= 4 is 5.78 Å². The fraction of sp³-hybridized carbons (Fsp3) is 0.400. The molecule has 0 aromatic carbocycles. The molecule has 0 spiro atoms. The van der Waals surface area contributed by atoms with Crippen LogP contribution in [0.4, 0.5) is 0 Å². The topological polar surface area (TPSA) is 54.0 Å². The molecule has 3 heteroatoms. The summed E-state index contributed by atoms with van der Waals surface area (Å²) < 4.78 is 4.92. The summed E-state index contributed by atoms with van der Waals surface area (Å²) >= 11 is 0. The summed E-state index contributed by atoms with van der Waals surface area (Å²) in [5.41, 5.74) is 0. The van der Waals surface area contributed by atoms with Gasteiger partial charge in [0.05, 0.1) is 12.3 Å². The number of nitrogens with zero attached hydrogens (tertiary/aromatic N) is 1. The standard InChI is InChI=1S/C10H11NO2/c1-2-4-8(7-11)10(12)9-5-3-6-13-9/h3,5-6,8H,2,4H2,1H3. The van der Waals surface area contributed by atoms with E-state index in [4.69, 9.17) is 9.68 Å². The van der Waals surface area contributed by atoms with Gasteiger partial charge in [-0.1, -0.05) is 13.3 Å². The molecule has 13 heavy (non-hydrogen) atoms. The maximum atomic E-state index is 11.5. The fourth-order valence-electron chi connectivity index (χ4n) is 1.13. The molecule has 0 amide bonds. The van der Waals surface area contributed by atoms with Crippen LogP contribution in [0, 0.1) is 17.2 Å². The van der Waals surface area contributed by atoms with Crippen LogP contribution >= 0.6 is 0 Å². The van der Waals surface area contributed by atoms with Gasteiger partial charge in [-0.25, -0.2) is 0 Å². The highest BCUT2D eigenvalue weighted by atomic mass is 16.3. The van der Waals surface area contributed by atoms with Crippen LogP contribution in [0.25, 0.3) is 0 Å². The van der Waals surface area contributed by atoms with Crippen LogP contribution in [-0.4, -0.2) is 5.78 Å². The van der Waals surface area contributed by atoms with E-state index in [9.17, 15) is 4.79 Å². The average Bonchev–Trinajstić information content (AvgIpc) is 2.65. The lowest BCUT2D eigenvalue weighted by Crippen LogP contribution is -2.11. The number of carbonyl (C=O) groups excluding carboxylic acids is 1. The number of Topliss-reactive ketones (excluding diaryl/α,β-unsaturated/α-hetero) is 1. The van der Waals surface area contributed by atoms with E-state index in [2.05, 4.69) is 0 Å². The van der Waals surface area contributed by atoms with Crippen molar-refractivity contribution in [1.82, 2.24) is 0 Å². The highest BCUT2D eigenvalue weighted by molar-refractivity contribution is 5.96. The monoisotopic (exact) mass is 177 g/mol. The minimum Gasteiger partial charge on any atom is -0.461 e. The lowest BCUT2D eigenvalue weighted by atomic mass is 9.99. The first-order valence-corrected chi connectivity index (χ1v) is 4.27. The van der Waals surface area contributed by atoms with E-state index in [0.29, 0.717) is 6.42 Å². The predicted octanol–water partition coefficient (Wildman–Crippen LogP) is 2.40. The van der Waals surface area contributed by atoms with Crippen molar-refractivity contribution in [3.8, 4) is 6.07 Å². The number of nitriles is 1. The third-order valence-corrected chi connectivity index (χ3v) is 1.81. The van der Waals surface area contributed by atoms with Crippen molar-refractivity contribution in [3.63, 3.8) is 0 Å². The Morgan fingerprint density at radius 3 is 3.00 bits per heavy atom. The first-order valence-electron chi connectivity index (χ1n) is 4.27. The zero-order chi connectivity index (χ0) is 9.68. The van der Waals surface area contributed by atoms with E-state index >= 15 is 0 Å². The molecule has 0 saturated heterocycles. The van der Waals surface area contributed by atoms with Crippen LogP contribution in [-0.2, 0) is 0 Å². The van der Waals surface area contributed by atoms with Crippen molar-refractivity contribution in [2.75, 3.05) is 0 Å². The van der Waals surface area contributed by atoms with Gasteiger partial charge in [-0.05, 0) is 18.6 Å². The second kappa shape index (κ2) is 4.46. The quantitative estimate of drug-likeness (QED) is 0.663. The largest absolute Gasteiger partial charge is 0.461 e. The van der Waals surface area contributed by atoms with Crippen LogP contribution in [0.2, 0.25) is 0 Å². The molecule has 0 radical (unpaired) electrons. The Balaban J connectivity index is 2.72. The zero-order valence-electron chi connectivity index (χ0n) is 7.49. The number of carbonyl (C=O) groups is 1. The summed E-state index contributed by atoms with van der Waals surface area (Å²) in [7, 11) is 0. The molecule has 1 aromatic rings. The van der Waals surface area contributed by atoms with Crippen molar-refractivity contribution in [2.45, 2.75) is 19.8 Å². The molecule has 1 heterocycles. The second-order valence-electron chi connectivity index (χ2n) is 2.81. The van der Waals surface area contributed by atoms with Crippen molar-refractivity contribution in [2.24, 2.45) is 5.92 Å². The summed E-state index contributed by atoms with van der Waals surface area (Å²) in [6.07, 6.45) is 2.86. The Labute approximate surface area is 77.0 Å². The van der Waals surface area contributed by atoms with E-state index in [1.165, 1.54) is 6.26 Å². The third-order valence-electron chi connectivity index (χ3n) is 1.81. The molecule has 1 atom stereocenters. The van der Waals surface area contributed by atoms with Gasteiger partial charge in [-0.2, -0.15) is 5.26 Å². The Morgan fingerprint density at radius 2 is 2.54 bits per heavy atom. The minimum absolute atomic E-state index is 0.214. The SMILES string of the molecule is CCCC(C#N)C(=O)c1ccco1. The summed E-state index contributed by atoms with van der Waals surface area (Å²) in [5, 5.41) is 8.71. The second-order valence-corrected chi connectivity index (χ2v) is 2.81. The van der Waals surface area contributed by atoms with Gasteiger partial charge < -0.3 is 4.42 Å². The molecule has 0 aliphatic carbocycles. The first kappa shape index (κ1) is 9.53. The van der Waals surface area contributed by atoms with Gasteiger partial charge >= 0.3 is 0 Å². The van der Waals surface area contributed by atoms with Gasteiger partial charge in [-0.15, -0.1) is 0 Å². The molecule has 68 valence electrons. The van der Waals surface area contributed by atoms with Crippen LogP contribution in [0.5, 0.6) is 0 Å². The molecule has 1 aromatic heterocycles. The maximum Gasteiger partial charge on any atom is 0.215 e. The molecule has 1 rings (SSSR count). The molecular formula is C10H11NO2. The minimum atomic E-state index is -0.559. The lowest BCUT2D eigenvalue weighted by Gasteiger charge is -2.02. The molecular weight excluding hydrogens is 166 g/mol. The number of hydrogen-bond donors (Lipinski definition) is 0. The normalized spacial score (nSPS) is 12.0. The Hall–Kier alpha value is -1.56. The van der Waals surface area contributed by atoms with Crippen LogP contribution in [0.1, 0.15) is 30.3 Å². The van der Waals surface area contributed by atoms with Crippen LogP contribution < -0.4 is 0 Å². The van der Waals surface area contributed by atoms with Crippen molar-refractivity contribution in [1.29, 1.82) is 5.26 Å². The Morgan fingerprint density at radius 1 is 1.77 bits per heavy atom. The van der Waals surface area contributed by atoms with E-state index in [0.717, 1.165) is 6.42 Å². The van der Waals surface area contributed by atoms with Crippen LogP contribution in [0.3, 0.4) is 0 Å². The van der Waals surface area contributed by atoms with E-state index < -0.39 is 5.92 Å². The van der Waals surface area contributed by atoms with E-state index in [-0.39, 0.29) is 11.5 Å². The van der Waals surface area contributed by atoms with Gasteiger partial charge in [0.25, 0.3) is 0 Å².